The molecule has 0 aromatic heterocycles. The van der Waals surface area contributed by atoms with Crippen LogP contribution in [-0.2, 0) is 32.7 Å². The number of phosphoric ester groups is 1. The van der Waals surface area contributed by atoms with Gasteiger partial charge < -0.3 is 24.6 Å². The number of rotatable bonds is 47. The zero-order valence-corrected chi connectivity index (χ0v) is 40.0. The lowest BCUT2D eigenvalue weighted by molar-refractivity contribution is -0.161. The summed E-state index contributed by atoms with van der Waals surface area (Å²) < 4.78 is 32.8. The van der Waals surface area contributed by atoms with Crippen LogP contribution in [-0.4, -0.2) is 65.7 Å². The summed E-state index contributed by atoms with van der Waals surface area (Å²) in [6.07, 6.45) is 49.8. The van der Waals surface area contributed by atoms with Crippen molar-refractivity contribution in [2.45, 2.75) is 244 Å². The Bertz CT molecular complexity index is 1110. The van der Waals surface area contributed by atoms with Crippen molar-refractivity contribution < 1.29 is 47.8 Å². The fourth-order valence-corrected chi connectivity index (χ4v) is 7.70. The highest BCUT2D eigenvalue weighted by Gasteiger charge is 2.27. The van der Waals surface area contributed by atoms with E-state index in [2.05, 4.69) is 50.3 Å². The number of carbonyl (C=O) groups is 2. The molecule has 0 fully saturated rings. The maximum atomic E-state index is 12.6. The van der Waals surface area contributed by atoms with Crippen LogP contribution in [0, 0.1) is 0 Å². The van der Waals surface area contributed by atoms with E-state index in [0.29, 0.717) is 12.8 Å². The molecule has 0 aromatic carbocycles. The SMILES string of the molecule is CCCCC/C=C/C/C=C/CCCCCCCC(=O)OC[C@H](COP(=O)(O)OC[C@@H](O)CO)OC(=O)CCC/C=C/CCCCCCCCCCCCCCCCCCCC. The minimum atomic E-state index is -4.63. The third-order valence-electron chi connectivity index (χ3n) is 10.8. The average Bonchev–Trinajstić information content (AvgIpc) is 3.25. The van der Waals surface area contributed by atoms with Gasteiger partial charge in [-0.3, -0.25) is 18.6 Å². The minimum absolute atomic E-state index is 0.135. The average molecular weight is 885 g/mol. The van der Waals surface area contributed by atoms with Gasteiger partial charge in [-0.1, -0.05) is 192 Å². The van der Waals surface area contributed by atoms with E-state index < -0.39 is 51.8 Å². The van der Waals surface area contributed by atoms with Crippen LogP contribution in [0.25, 0.3) is 0 Å². The fourth-order valence-electron chi connectivity index (χ4n) is 6.91. The summed E-state index contributed by atoms with van der Waals surface area (Å²) in [6, 6.07) is 0. The monoisotopic (exact) mass is 885 g/mol. The molecule has 61 heavy (non-hydrogen) atoms. The van der Waals surface area contributed by atoms with Crippen molar-refractivity contribution in [2.24, 2.45) is 0 Å². The first-order valence-electron chi connectivity index (χ1n) is 24.9. The summed E-state index contributed by atoms with van der Waals surface area (Å²) in [5.41, 5.74) is 0. The van der Waals surface area contributed by atoms with E-state index in [9.17, 15) is 24.2 Å². The Kier molecular flexibility index (Phi) is 44.8. The number of unbranched alkanes of at least 4 members (excludes halogenated alkanes) is 27. The van der Waals surface area contributed by atoms with E-state index in [-0.39, 0.29) is 19.4 Å². The van der Waals surface area contributed by atoms with Gasteiger partial charge in [0.05, 0.1) is 19.8 Å². The molecule has 0 aliphatic carbocycles. The summed E-state index contributed by atoms with van der Waals surface area (Å²) in [5, 5.41) is 18.4. The maximum absolute atomic E-state index is 12.6. The lowest BCUT2D eigenvalue weighted by Gasteiger charge is -2.20. The van der Waals surface area contributed by atoms with Gasteiger partial charge in [-0.25, -0.2) is 4.57 Å². The number of hydrogen-bond acceptors (Lipinski definition) is 9. The third kappa shape index (κ3) is 46.0. The van der Waals surface area contributed by atoms with Crippen molar-refractivity contribution in [2.75, 3.05) is 26.4 Å². The van der Waals surface area contributed by atoms with Crippen LogP contribution in [0.15, 0.2) is 36.5 Å². The van der Waals surface area contributed by atoms with Crippen LogP contribution < -0.4 is 0 Å². The van der Waals surface area contributed by atoms with Crippen molar-refractivity contribution >= 4 is 19.8 Å². The number of hydrogen-bond donors (Lipinski definition) is 3. The Morgan fingerprint density at radius 2 is 0.869 bits per heavy atom. The lowest BCUT2D eigenvalue weighted by atomic mass is 10.0. The van der Waals surface area contributed by atoms with Crippen LogP contribution in [0.2, 0.25) is 0 Å². The van der Waals surface area contributed by atoms with Gasteiger partial charge in [0.15, 0.2) is 6.10 Å². The Balaban J connectivity index is 4.20. The predicted molar refractivity (Wildman–Crippen MR) is 251 cm³/mol. The summed E-state index contributed by atoms with van der Waals surface area (Å²) in [4.78, 5) is 35.1. The number of allylic oxidation sites excluding steroid dienone is 6. The molecule has 3 atom stereocenters. The van der Waals surface area contributed by atoms with Gasteiger partial charge in [0.1, 0.15) is 12.7 Å². The summed E-state index contributed by atoms with van der Waals surface area (Å²) >= 11 is 0. The predicted octanol–water partition coefficient (Wildman–Crippen LogP) is 13.9. The maximum Gasteiger partial charge on any atom is 0.472 e. The Hall–Kier alpha value is -1.81. The van der Waals surface area contributed by atoms with E-state index in [1.54, 1.807) is 0 Å². The fraction of sp³-hybridized carbons (Fsp3) is 0.840. The first kappa shape index (κ1) is 59.2. The molecule has 0 aliphatic rings. The van der Waals surface area contributed by atoms with Gasteiger partial charge in [-0.05, 0) is 64.2 Å². The first-order valence-corrected chi connectivity index (χ1v) is 26.4. The molecule has 358 valence electrons. The van der Waals surface area contributed by atoms with E-state index in [4.69, 9.17) is 23.6 Å². The smallest absolute Gasteiger partial charge is 0.462 e. The van der Waals surface area contributed by atoms with Gasteiger partial charge in [-0.15, -0.1) is 0 Å². The Labute approximate surface area is 373 Å². The normalized spacial score (nSPS) is 14.0. The number of aliphatic hydroxyl groups excluding tert-OH is 2. The highest BCUT2D eigenvalue weighted by Crippen LogP contribution is 2.43. The number of ether oxygens (including phenoxy) is 2. The topological polar surface area (TPSA) is 149 Å². The van der Waals surface area contributed by atoms with Gasteiger partial charge in [-0.2, -0.15) is 0 Å². The van der Waals surface area contributed by atoms with Crippen molar-refractivity contribution in [3.63, 3.8) is 0 Å². The summed E-state index contributed by atoms with van der Waals surface area (Å²) in [7, 11) is -4.63. The standard InChI is InChI=1S/C50H93O10P/c1-3-5-7-9-11-13-15-17-19-20-21-22-23-24-25-26-28-30-32-34-36-38-40-42-50(54)60-48(46-59-61(55,56)58-44-47(52)43-51)45-57-49(53)41-39-37-35-33-31-29-27-18-16-14-12-10-8-6-4-2/h12,14,18,27,34,36,47-48,51-52H,3-11,13,15-17,19-26,28-33,35,37-46H2,1-2H3,(H,55,56)/b14-12+,27-18+,36-34+/t47-,48+/m0/s1. The summed E-state index contributed by atoms with van der Waals surface area (Å²) in [5.74, 6) is -0.971. The number of esters is 2. The summed E-state index contributed by atoms with van der Waals surface area (Å²) in [6.45, 7) is 2.34. The number of aliphatic hydroxyl groups is 2. The molecule has 3 N–H and O–H groups in total. The molecule has 0 saturated heterocycles. The molecule has 11 heteroatoms. The van der Waals surface area contributed by atoms with Crippen molar-refractivity contribution in [3.8, 4) is 0 Å². The molecule has 0 aliphatic heterocycles. The largest absolute Gasteiger partial charge is 0.472 e. The zero-order valence-electron chi connectivity index (χ0n) is 39.1. The molecule has 0 aromatic rings. The molecular formula is C50H93O10P. The molecule has 0 heterocycles. The molecule has 10 nitrogen and oxygen atoms in total. The van der Waals surface area contributed by atoms with Crippen molar-refractivity contribution in [1.82, 2.24) is 0 Å². The lowest BCUT2D eigenvalue weighted by Crippen LogP contribution is -2.29. The van der Waals surface area contributed by atoms with E-state index in [0.717, 1.165) is 57.8 Å². The Morgan fingerprint density at radius 1 is 0.492 bits per heavy atom. The van der Waals surface area contributed by atoms with Crippen molar-refractivity contribution in [1.29, 1.82) is 0 Å². The highest BCUT2D eigenvalue weighted by atomic mass is 31.2. The second-order valence-electron chi connectivity index (χ2n) is 16.8. The molecule has 1 unspecified atom stereocenters. The Morgan fingerprint density at radius 3 is 1.36 bits per heavy atom. The second kappa shape index (κ2) is 46.2. The third-order valence-corrected chi connectivity index (χ3v) is 11.7. The number of phosphoric acid groups is 1. The van der Waals surface area contributed by atoms with Gasteiger partial charge in [0, 0.05) is 12.8 Å². The van der Waals surface area contributed by atoms with Crippen LogP contribution in [0.5, 0.6) is 0 Å². The van der Waals surface area contributed by atoms with E-state index in [1.165, 1.54) is 135 Å². The van der Waals surface area contributed by atoms with Crippen LogP contribution in [0.1, 0.15) is 232 Å². The molecule has 0 radical (unpaired) electrons. The van der Waals surface area contributed by atoms with Gasteiger partial charge in [0.2, 0.25) is 0 Å². The molecule has 0 amide bonds. The van der Waals surface area contributed by atoms with Gasteiger partial charge >= 0.3 is 19.8 Å². The molecule has 0 saturated carbocycles. The minimum Gasteiger partial charge on any atom is -0.462 e. The van der Waals surface area contributed by atoms with Crippen LogP contribution >= 0.6 is 7.82 Å². The first-order chi connectivity index (χ1) is 29.7. The van der Waals surface area contributed by atoms with E-state index in [1.807, 2.05) is 0 Å². The molecular weight excluding hydrogens is 792 g/mol. The highest BCUT2D eigenvalue weighted by molar-refractivity contribution is 7.47. The molecule has 0 bridgehead atoms. The quantitative estimate of drug-likeness (QED) is 0.0233. The van der Waals surface area contributed by atoms with Crippen LogP contribution in [0.3, 0.4) is 0 Å². The zero-order chi connectivity index (χ0) is 44.8. The van der Waals surface area contributed by atoms with E-state index >= 15 is 0 Å². The molecule has 0 rings (SSSR count). The second-order valence-corrected chi connectivity index (χ2v) is 18.3. The van der Waals surface area contributed by atoms with Crippen LogP contribution in [0.4, 0.5) is 0 Å². The molecule has 0 spiro atoms. The number of carbonyl (C=O) groups excluding carboxylic acids is 2. The van der Waals surface area contributed by atoms with Gasteiger partial charge in [0.25, 0.3) is 0 Å². The van der Waals surface area contributed by atoms with Crippen molar-refractivity contribution in [3.05, 3.63) is 36.5 Å².